The molecule has 0 amide bonds. The Balaban J connectivity index is 1.55. The number of nitrogens with two attached hydrogens (primary N) is 1. The molecule has 4 nitrogen and oxygen atoms in total. The minimum absolute atomic E-state index is 0.0641. The third-order valence-electron chi connectivity index (χ3n) is 7.28. The Labute approximate surface area is 225 Å². The zero-order valence-corrected chi connectivity index (χ0v) is 21.9. The minimum Gasteiger partial charge on any atom is -0.396 e. The standard InChI is InChI=1S/C31H29BrFNO3/c32-25-16-17-28(33)26(18-25)30(34)21-36-29(27(30)19-35)20-37-31(22-10-4-1-5-11-22,23-12-6-2-7-13-23)24-14-8-3-9-15-24/h1-18,27,29,35H,19-21,34H2/t27-,29-,30-/m1/s1. The van der Waals surface area contributed by atoms with Gasteiger partial charge in [0.05, 0.1) is 31.5 Å². The third-order valence-corrected chi connectivity index (χ3v) is 7.77. The number of halogens is 2. The smallest absolute Gasteiger partial charge is 0.143 e. The fourth-order valence-corrected chi connectivity index (χ4v) is 5.71. The molecule has 4 aromatic carbocycles. The molecule has 0 aromatic heterocycles. The van der Waals surface area contributed by atoms with Crippen molar-refractivity contribution in [1.29, 1.82) is 0 Å². The first-order valence-corrected chi connectivity index (χ1v) is 13.1. The topological polar surface area (TPSA) is 64.7 Å². The highest BCUT2D eigenvalue weighted by atomic mass is 79.9. The minimum atomic E-state index is -1.20. The highest BCUT2D eigenvalue weighted by Gasteiger charge is 2.50. The van der Waals surface area contributed by atoms with Gasteiger partial charge in [0.1, 0.15) is 11.4 Å². The molecule has 1 fully saturated rings. The van der Waals surface area contributed by atoms with Crippen LogP contribution in [-0.4, -0.2) is 31.0 Å². The summed E-state index contributed by atoms with van der Waals surface area (Å²) in [6.07, 6.45) is -0.552. The predicted octanol–water partition coefficient (Wildman–Crippen LogP) is 5.76. The van der Waals surface area contributed by atoms with Gasteiger partial charge in [-0.15, -0.1) is 0 Å². The molecule has 4 aromatic rings. The van der Waals surface area contributed by atoms with Gasteiger partial charge in [0.2, 0.25) is 0 Å². The van der Waals surface area contributed by atoms with Gasteiger partial charge < -0.3 is 20.3 Å². The van der Waals surface area contributed by atoms with Crippen LogP contribution in [-0.2, 0) is 20.6 Å². The maximum absolute atomic E-state index is 14.9. The van der Waals surface area contributed by atoms with E-state index in [0.717, 1.165) is 16.7 Å². The fourth-order valence-electron chi connectivity index (χ4n) is 5.35. The zero-order valence-electron chi connectivity index (χ0n) is 20.3. The normalized spacial score (nSPS) is 21.7. The van der Waals surface area contributed by atoms with Crippen molar-refractivity contribution in [3.8, 4) is 0 Å². The second-order valence-electron chi connectivity index (χ2n) is 9.39. The molecule has 37 heavy (non-hydrogen) atoms. The average Bonchev–Trinajstić information content (AvgIpc) is 3.28. The predicted molar refractivity (Wildman–Crippen MR) is 145 cm³/mol. The van der Waals surface area contributed by atoms with Crippen LogP contribution in [0.5, 0.6) is 0 Å². The van der Waals surface area contributed by atoms with E-state index in [0.29, 0.717) is 10.0 Å². The number of hydrogen-bond acceptors (Lipinski definition) is 4. The quantitative estimate of drug-likeness (QED) is 0.268. The van der Waals surface area contributed by atoms with Gasteiger partial charge in [-0.1, -0.05) is 107 Å². The number of ether oxygens (including phenoxy) is 2. The Morgan fingerprint density at radius 3 is 1.89 bits per heavy atom. The molecule has 0 unspecified atom stereocenters. The van der Waals surface area contributed by atoms with E-state index < -0.39 is 29.0 Å². The highest BCUT2D eigenvalue weighted by Crippen LogP contribution is 2.43. The maximum atomic E-state index is 14.9. The average molecular weight is 562 g/mol. The van der Waals surface area contributed by atoms with Crippen molar-refractivity contribution in [3.63, 3.8) is 0 Å². The van der Waals surface area contributed by atoms with Crippen molar-refractivity contribution >= 4 is 15.9 Å². The molecule has 1 saturated heterocycles. The van der Waals surface area contributed by atoms with Crippen LogP contribution in [0.1, 0.15) is 22.3 Å². The molecule has 5 rings (SSSR count). The molecular formula is C31H29BrFNO3. The summed E-state index contributed by atoms with van der Waals surface area (Å²) in [5.41, 5.74) is 7.82. The summed E-state index contributed by atoms with van der Waals surface area (Å²) >= 11 is 3.41. The van der Waals surface area contributed by atoms with E-state index >= 15 is 0 Å². The van der Waals surface area contributed by atoms with Gasteiger partial charge in [-0.05, 0) is 34.9 Å². The van der Waals surface area contributed by atoms with Crippen LogP contribution in [0.4, 0.5) is 4.39 Å². The van der Waals surface area contributed by atoms with Crippen LogP contribution in [0.15, 0.2) is 114 Å². The first-order chi connectivity index (χ1) is 18.0. The summed E-state index contributed by atoms with van der Waals surface area (Å²) < 4.78 is 28.6. The molecule has 1 aliphatic rings. The van der Waals surface area contributed by atoms with E-state index in [1.807, 2.05) is 91.0 Å². The highest BCUT2D eigenvalue weighted by molar-refractivity contribution is 9.10. The van der Waals surface area contributed by atoms with Crippen LogP contribution in [0.3, 0.4) is 0 Å². The molecule has 0 saturated carbocycles. The summed E-state index contributed by atoms with van der Waals surface area (Å²) in [5, 5.41) is 10.4. The molecule has 3 N–H and O–H groups in total. The largest absolute Gasteiger partial charge is 0.396 e. The van der Waals surface area contributed by atoms with Crippen molar-refractivity contribution in [1.82, 2.24) is 0 Å². The number of hydrogen-bond donors (Lipinski definition) is 2. The van der Waals surface area contributed by atoms with Crippen LogP contribution in [0.2, 0.25) is 0 Å². The lowest BCUT2D eigenvalue weighted by Gasteiger charge is -2.38. The maximum Gasteiger partial charge on any atom is 0.143 e. The van der Waals surface area contributed by atoms with E-state index in [1.165, 1.54) is 6.07 Å². The molecule has 1 heterocycles. The van der Waals surface area contributed by atoms with E-state index in [-0.39, 0.29) is 19.8 Å². The van der Waals surface area contributed by atoms with Gasteiger partial charge in [-0.2, -0.15) is 0 Å². The zero-order chi connectivity index (χ0) is 25.9. The number of aliphatic hydroxyl groups is 1. The number of benzene rings is 4. The van der Waals surface area contributed by atoms with Crippen LogP contribution in [0, 0.1) is 11.7 Å². The van der Waals surface area contributed by atoms with Crippen molar-refractivity contribution in [2.45, 2.75) is 17.2 Å². The SMILES string of the molecule is N[C@@]1(c2cc(Br)ccc2F)CO[C@H](COC(c2ccccc2)(c2ccccc2)c2ccccc2)[C@H]1CO. The molecule has 0 spiro atoms. The van der Waals surface area contributed by atoms with Crippen molar-refractivity contribution in [2.75, 3.05) is 19.8 Å². The summed E-state index contributed by atoms with van der Waals surface area (Å²) in [5.74, 6) is -1.00. The molecular weight excluding hydrogens is 533 g/mol. The van der Waals surface area contributed by atoms with Crippen molar-refractivity contribution < 1.29 is 19.0 Å². The van der Waals surface area contributed by atoms with Gasteiger partial charge in [0.25, 0.3) is 0 Å². The Bertz CT molecular complexity index is 1230. The molecule has 6 heteroatoms. The second kappa shape index (κ2) is 10.9. The Hall–Kier alpha value is -2.87. The van der Waals surface area contributed by atoms with E-state index in [9.17, 15) is 9.50 Å². The number of rotatable bonds is 8. The summed E-state index contributed by atoms with van der Waals surface area (Å²) in [6, 6.07) is 34.8. The lowest BCUT2D eigenvalue weighted by atomic mass is 9.78. The summed E-state index contributed by atoms with van der Waals surface area (Å²) in [4.78, 5) is 0. The van der Waals surface area contributed by atoms with E-state index in [4.69, 9.17) is 15.2 Å². The van der Waals surface area contributed by atoms with Crippen molar-refractivity contribution in [3.05, 3.63) is 142 Å². The molecule has 0 radical (unpaired) electrons. The van der Waals surface area contributed by atoms with Gasteiger partial charge in [0.15, 0.2) is 0 Å². The van der Waals surface area contributed by atoms with E-state index in [2.05, 4.69) is 15.9 Å². The molecule has 3 atom stereocenters. The Morgan fingerprint density at radius 1 is 0.892 bits per heavy atom. The fraction of sp³-hybridized carbons (Fsp3) is 0.226. The Kier molecular flexibility index (Phi) is 7.56. The summed E-state index contributed by atoms with van der Waals surface area (Å²) in [7, 11) is 0. The monoisotopic (exact) mass is 561 g/mol. The van der Waals surface area contributed by atoms with Gasteiger partial charge in [-0.25, -0.2) is 4.39 Å². The molecule has 0 bridgehead atoms. The Morgan fingerprint density at radius 2 is 1.41 bits per heavy atom. The lowest BCUT2D eigenvalue weighted by molar-refractivity contribution is -0.0603. The van der Waals surface area contributed by atoms with Gasteiger partial charge in [-0.3, -0.25) is 0 Å². The molecule has 0 aliphatic carbocycles. The second-order valence-corrected chi connectivity index (χ2v) is 10.3. The van der Waals surface area contributed by atoms with Crippen LogP contribution >= 0.6 is 15.9 Å². The third kappa shape index (κ3) is 4.76. The number of aliphatic hydroxyl groups excluding tert-OH is 1. The van der Waals surface area contributed by atoms with Crippen LogP contribution in [0.25, 0.3) is 0 Å². The van der Waals surface area contributed by atoms with E-state index in [1.54, 1.807) is 12.1 Å². The molecule has 190 valence electrons. The molecule has 1 aliphatic heterocycles. The van der Waals surface area contributed by atoms with Crippen molar-refractivity contribution in [2.24, 2.45) is 11.7 Å². The first-order valence-electron chi connectivity index (χ1n) is 12.3. The van der Waals surface area contributed by atoms with Gasteiger partial charge >= 0.3 is 0 Å². The first kappa shape index (κ1) is 25.8. The lowest BCUT2D eigenvalue weighted by Crippen LogP contribution is -2.48. The van der Waals surface area contributed by atoms with Gasteiger partial charge in [0, 0.05) is 16.0 Å². The summed E-state index contributed by atoms with van der Waals surface area (Å²) in [6.45, 7) is -0.0708. The van der Waals surface area contributed by atoms with Crippen LogP contribution < -0.4 is 5.73 Å².